The van der Waals surface area contributed by atoms with Crippen molar-refractivity contribution in [1.82, 2.24) is 24.5 Å². The lowest BCUT2D eigenvalue weighted by molar-refractivity contribution is -0.0529. The molecule has 1 aliphatic rings. The van der Waals surface area contributed by atoms with Gasteiger partial charge in [-0.2, -0.15) is 0 Å². The highest BCUT2D eigenvalue weighted by molar-refractivity contribution is 5.81. The van der Waals surface area contributed by atoms with Crippen LogP contribution in [0.4, 0.5) is 29.2 Å². The van der Waals surface area contributed by atoms with Gasteiger partial charge in [-0.3, -0.25) is 0 Å². The number of aliphatic hydroxyl groups is 1. The third-order valence-electron chi connectivity index (χ3n) is 6.65. The standard InChI is InChI=1S/C24H24F4N8O/c25-16-3-2-13(7-17(16)26)14-6-15(9-36-12-34-18-21(29)32-11-33-23(18)36)22(31-8-14)35-5-1-4-24(30,10-35)19(37)20(27)28/h2-3,6-8,11-12,19-20,37H,1,4-5,9-10,30H2,(H2,29,32,33). The van der Waals surface area contributed by atoms with Gasteiger partial charge < -0.3 is 26.0 Å². The van der Waals surface area contributed by atoms with Crippen LogP contribution in [0.25, 0.3) is 22.3 Å². The molecule has 5 N–H and O–H groups in total. The predicted molar refractivity (Wildman–Crippen MR) is 129 cm³/mol. The van der Waals surface area contributed by atoms with Gasteiger partial charge in [-0.05, 0) is 36.6 Å². The number of nitrogens with two attached hydrogens (primary N) is 2. The molecule has 1 fully saturated rings. The number of aromatic nitrogens is 5. The Kier molecular flexibility index (Phi) is 6.42. The van der Waals surface area contributed by atoms with Crippen molar-refractivity contribution in [2.45, 2.75) is 37.5 Å². The molecule has 3 aromatic heterocycles. The van der Waals surface area contributed by atoms with Crippen molar-refractivity contribution in [3.05, 3.63) is 60.3 Å². The zero-order valence-corrected chi connectivity index (χ0v) is 19.5. The Hall–Kier alpha value is -3.84. The lowest BCUT2D eigenvalue weighted by Crippen LogP contribution is -2.63. The largest absolute Gasteiger partial charge is 0.385 e. The average molecular weight is 517 g/mol. The van der Waals surface area contributed by atoms with Crippen LogP contribution in [0, 0.1) is 11.6 Å². The normalized spacial score (nSPS) is 19.1. The van der Waals surface area contributed by atoms with Gasteiger partial charge in [0, 0.05) is 30.4 Å². The first-order valence-corrected chi connectivity index (χ1v) is 11.5. The highest BCUT2D eigenvalue weighted by atomic mass is 19.3. The van der Waals surface area contributed by atoms with E-state index in [9.17, 15) is 22.7 Å². The molecule has 5 rings (SSSR count). The maximum Gasteiger partial charge on any atom is 0.265 e. The number of fused-ring (bicyclic) bond motifs is 1. The summed E-state index contributed by atoms with van der Waals surface area (Å²) in [5.74, 6) is -1.31. The van der Waals surface area contributed by atoms with E-state index in [0.29, 0.717) is 46.6 Å². The van der Waals surface area contributed by atoms with Crippen LogP contribution in [0.15, 0.2) is 43.1 Å². The van der Waals surface area contributed by atoms with Crippen molar-refractivity contribution in [2.75, 3.05) is 23.7 Å². The summed E-state index contributed by atoms with van der Waals surface area (Å²) in [7, 11) is 0. The number of imidazole rings is 1. The topological polar surface area (TPSA) is 132 Å². The van der Waals surface area contributed by atoms with Crippen molar-refractivity contribution in [3.8, 4) is 11.1 Å². The van der Waals surface area contributed by atoms with Gasteiger partial charge in [-0.1, -0.05) is 6.07 Å². The van der Waals surface area contributed by atoms with E-state index in [-0.39, 0.29) is 25.3 Å². The minimum atomic E-state index is -2.99. The van der Waals surface area contributed by atoms with Crippen molar-refractivity contribution in [3.63, 3.8) is 0 Å². The van der Waals surface area contributed by atoms with Gasteiger partial charge in [0.25, 0.3) is 6.43 Å². The van der Waals surface area contributed by atoms with Crippen LogP contribution in [-0.2, 0) is 6.54 Å². The lowest BCUT2D eigenvalue weighted by Gasteiger charge is -2.43. The van der Waals surface area contributed by atoms with Crippen LogP contribution < -0.4 is 16.4 Å². The maximum atomic E-state index is 13.9. The number of aliphatic hydroxyl groups excluding tert-OH is 1. The van der Waals surface area contributed by atoms with Crippen LogP contribution in [0.3, 0.4) is 0 Å². The van der Waals surface area contributed by atoms with E-state index in [1.54, 1.807) is 15.5 Å². The van der Waals surface area contributed by atoms with Crippen LogP contribution >= 0.6 is 0 Å². The van der Waals surface area contributed by atoms with Gasteiger partial charge >= 0.3 is 0 Å². The molecule has 0 bridgehead atoms. The second kappa shape index (κ2) is 9.56. The molecule has 2 unspecified atom stereocenters. The fraction of sp³-hybridized carbons (Fsp3) is 0.333. The monoisotopic (exact) mass is 516 g/mol. The minimum Gasteiger partial charge on any atom is -0.385 e. The van der Waals surface area contributed by atoms with Crippen LogP contribution in [0.5, 0.6) is 0 Å². The smallest absolute Gasteiger partial charge is 0.265 e. The van der Waals surface area contributed by atoms with E-state index < -0.39 is 29.7 Å². The first kappa shape index (κ1) is 24.8. The second-order valence-electron chi connectivity index (χ2n) is 9.18. The Bertz CT molecular complexity index is 1450. The highest BCUT2D eigenvalue weighted by Crippen LogP contribution is 2.33. The molecular weight excluding hydrogens is 492 g/mol. The summed E-state index contributed by atoms with van der Waals surface area (Å²) in [5.41, 5.74) is 13.0. The summed E-state index contributed by atoms with van der Waals surface area (Å²) < 4.78 is 55.9. The Balaban J connectivity index is 1.58. The molecule has 0 aliphatic carbocycles. The number of hydrogen-bond donors (Lipinski definition) is 3. The number of rotatable bonds is 6. The van der Waals surface area contributed by atoms with Crippen LogP contribution in [-0.4, -0.2) is 60.8 Å². The lowest BCUT2D eigenvalue weighted by atomic mass is 9.84. The summed E-state index contributed by atoms with van der Waals surface area (Å²) in [6, 6.07) is 5.29. The molecule has 1 aromatic carbocycles. The Morgan fingerprint density at radius 1 is 1.05 bits per heavy atom. The average Bonchev–Trinajstić information content (AvgIpc) is 3.29. The van der Waals surface area contributed by atoms with E-state index in [1.165, 1.54) is 24.9 Å². The minimum absolute atomic E-state index is 0.0528. The number of anilines is 2. The number of alkyl halides is 2. The molecule has 0 radical (unpaired) electrons. The quantitative estimate of drug-likeness (QED) is 0.334. The van der Waals surface area contributed by atoms with E-state index in [0.717, 1.165) is 12.1 Å². The molecule has 194 valence electrons. The molecule has 1 saturated heterocycles. The zero-order valence-electron chi connectivity index (χ0n) is 19.5. The Morgan fingerprint density at radius 2 is 1.86 bits per heavy atom. The fourth-order valence-electron chi connectivity index (χ4n) is 4.72. The maximum absolute atomic E-state index is 13.9. The van der Waals surface area contributed by atoms with Gasteiger partial charge in [0.2, 0.25) is 0 Å². The molecule has 4 heterocycles. The number of halogens is 4. The van der Waals surface area contributed by atoms with E-state index in [1.807, 2.05) is 0 Å². The predicted octanol–water partition coefficient (Wildman–Crippen LogP) is 2.72. The molecule has 0 spiro atoms. The van der Waals surface area contributed by atoms with E-state index in [2.05, 4.69) is 19.9 Å². The van der Waals surface area contributed by atoms with Gasteiger partial charge in [-0.15, -0.1) is 0 Å². The van der Waals surface area contributed by atoms with Gasteiger partial charge in [-0.25, -0.2) is 37.5 Å². The molecular formula is C24H24F4N8O. The second-order valence-corrected chi connectivity index (χ2v) is 9.18. The van der Waals surface area contributed by atoms with Crippen molar-refractivity contribution in [2.24, 2.45) is 5.73 Å². The van der Waals surface area contributed by atoms with Gasteiger partial charge in [0.05, 0.1) is 18.4 Å². The number of benzene rings is 1. The molecule has 2 atom stereocenters. The van der Waals surface area contributed by atoms with E-state index >= 15 is 0 Å². The number of hydrogen-bond acceptors (Lipinski definition) is 8. The van der Waals surface area contributed by atoms with Gasteiger partial charge in [0.1, 0.15) is 23.8 Å². The molecule has 13 heteroatoms. The first-order valence-electron chi connectivity index (χ1n) is 11.5. The SMILES string of the molecule is Nc1ncnc2c1ncn2Cc1cc(-c2ccc(F)c(F)c2)cnc1N1CCCC(N)(C(O)C(F)F)C1. The highest BCUT2D eigenvalue weighted by Gasteiger charge is 2.43. The zero-order chi connectivity index (χ0) is 26.3. The molecule has 1 aliphatic heterocycles. The molecule has 9 nitrogen and oxygen atoms in total. The third kappa shape index (κ3) is 4.67. The fourth-order valence-corrected chi connectivity index (χ4v) is 4.72. The Labute approximate surface area is 208 Å². The van der Waals surface area contributed by atoms with Crippen LogP contribution in [0.1, 0.15) is 18.4 Å². The molecule has 4 aromatic rings. The Morgan fingerprint density at radius 3 is 2.62 bits per heavy atom. The molecule has 0 amide bonds. The van der Waals surface area contributed by atoms with E-state index in [4.69, 9.17) is 11.5 Å². The molecule has 0 saturated carbocycles. The van der Waals surface area contributed by atoms with Gasteiger partial charge in [0.15, 0.2) is 23.1 Å². The summed E-state index contributed by atoms with van der Waals surface area (Å²) in [4.78, 5) is 18.8. The third-order valence-corrected chi connectivity index (χ3v) is 6.65. The first-order chi connectivity index (χ1) is 17.7. The number of pyridine rings is 1. The number of piperidine rings is 1. The van der Waals surface area contributed by atoms with Crippen LogP contribution in [0.2, 0.25) is 0 Å². The summed E-state index contributed by atoms with van der Waals surface area (Å²) >= 11 is 0. The molecule has 37 heavy (non-hydrogen) atoms. The summed E-state index contributed by atoms with van der Waals surface area (Å²) in [6.45, 7) is 0.611. The summed E-state index contributed by atoms with van der Waals surface area (Å²) in [6.07, 6.45) is 0.0326. The number of nitrogens with zero attached hydrogens (tertiary/aromatic N) is 6. The number of nitrogen functional groups attached to an aromatic ring is 1. The summed E-state index contributed by atoms with van der Waals surface area (Å²) in [5, 5.41) is 10.1. The van der Waals surface area contributed by atoms with Crippen molar-refractivity contribution in [1.29, 1.82) is 0 Å². The van der Waals surface area contributed by atoms with Crippen molar-refractivity contribution >= 4 is 22.8 Å². The van der Waals surface area contributed by atoms with Crippen molar-refractivity contribution < 1.29 is 22.7 Å².